The Morgan fingerprint density at radius 1 is 1.18 bits per heavy atom. The van der Waals surface area contributed by atoms with E-state index >= 15 is 0 Å². The molecule has 2 aromatic rings. The number of halogens is 1. The van der Waals surface area contributed by atoms with E-state index in [-0.39, 0.29) is 11.3 Å². The normalized spacial score (nSPS) is 29.2. The molecular formula is C21H21ClN2O3S. The average molecular weight is 417 g/mol. The molecule has 5 nitrogen and oxygen atoms in total. The highest BCUT2D eigenvalue weighted by Gasteiger charge is 2.60. The summed E-state index contributed by atoms with van der Waals surface area (Å²) in [5.74, 6) is -0.264. The van der Waals surface area contributed by atoms with E-state index in [1.807, 2.05) is 60.7 Å². The number of esters is 1. The van der Waals surface area contributed by atoms with Gasteiger partial charge in [0.2, 0.25) is 5.91 Å². The summed E-state index contributed by atoms with van der Waals surface area (Å²) in [6.45, 7) is 1.76. The SMILES string of the molecule is C[C@@]1(Cl)CS[C@H]2[C@H](N)C(=O)N2[C@H]1C(=O)OC(c1ccccc1)c1ccccc1. The van der Waals surface area contributed by atoms with Crippen LogP contribution in [0.2, 0.25) is 0 Å². The summed E-state index contributed by atoms with van der Waals surface area (Å²) in [4.78, 5) is 26.2. The molecule has 1 amide bonds. The molecule has 0 saturated carbocycles. The van der Waals surface area contributed by atoms with Crippen LogP contribution in [0.4, 0.5) is 0 Å². The van der Waals surface area contributed by atoms with Gasteiger partial charge in [-0.25, -0.2) is 4.79 Å². The number of carbonyl (C=O) groups is 2. The van der Waals surface area contributed by atoms with Crippen molar-refractivity contribution in [2.45, 2.75) is 35.4 Å². The van der Waals surface area contributed by atoms with Crippen molar-refractivity contribution < 1.29 is 14.3 Å². The maximum Gasteiger partial charge on any atom is 0.331 e. The van der Waals surface area contributed by atoms with Crippen LogP contribution in [0.25, 0.3) is 0 Å². The average Bonchev–Trinajstić information content (AvgIpc) is 2.71. The molecule has 2 heterocycles. The van der Waals surface area contributed by atoms with Gasteiger partial charge in [-0.1, -0.05) is 60.7 Å². The second-order valence-electron chi connectivity index (χ2n) is 7.29. The highest BCUT2D eigenvalue weighted by Crippen LogP contribution is 2.45. The first kappa shape index (κ1) is 19.3. The quantitative estimate of drug-likeness (QED) is 0.471. The molecule has 0 aromatic heterocycles. The van der Waals surface area contributed by atoms with E-state index in [1.165, 1.54) is 16.7 Å². The van der Waals surface area contributed by atoms with Gasteiger partial charge in [-0.05, 0) is 18.1 Å². The van der Waals surface area contributed by atoms with Gasteiger partial charge in [0.25, 0.3) is 0 Å². The molecular weight excluding hydrogens is 396 g/mol. The van der Waals surface area contributed by atoms with E-state index in [0.717, 1.165) is 11.1 Å². The largest absolute Gasteiger partial charge is 0.451 e. The van der Waals surface area contributed by atoms with Crippen molar-refractivity contribution in [3.05, 3.63) is 71.8 Å². The molecule has 7 heteroatoms. The van der Waals surface area contributed by atoms with Gasteiger partial charge in [-0.15, -0.1) is 23.4 Å². The number of alkyl halides is 1. The summed E-state index contributed by atoms with van der Waals surface area (Å²) >= 11 is 8.16. The van der Waals surface area contributed by atoms with E-state index in [4.69, 9.17) is 22.1 Å². The van der Waals surface area contributed by atoms with Crippen molar-refractivity contribution in [3.63, 3.8) is 0 Å². The molecule has 0 radical (unpaired) electrons. The Morgan fingerprint density at radius 2 is 1.71 bits per heavy atom. The summed E-state index contributed by atoms with van der Waals surface area (Å²) in [7, 11) is 0. The van der Waals surface area contributed by atoms with Crippen LogP contribution in [0.3, 0.4) is 0 Å². The van der Waals surface area contributed by atoms with Crippen molar-refractivity contribution in [2.75, 3.05) is 5.75 Å². The van der Waals surface area contributed by atoms with Crippen molar-refractivity contribution in [2.24, 2.45) is 5.73 Å². The zero-order valence-electron chi connectivity index (χ0n) is 15.3. The van der Waals surface area contributed by atoms with Crippen LogP contribution in [0.5, 0.6) is 0 Å². The van der Waals surface area contributed by atoms with E-state index in [9.17, 15) is 9.59 Å². The van der Waals surface area contributed by atoms with E-state index in [1.54, 1.807) is 6.92 Å². The molecule has 0 bridgehead atoms. The van der Waals surface area contributed by atoms with Crippen molar-refractivity contribution in [1.82, 2.24) is 4.90 Å². The van der Waals surface area contributed by atoms with Crippen molar-refractivity contribution in [3.8, 4) is 0 Å². The summed E-state index contributed by atoms with van der Waals surface area (Å²) in [6.07, 6.45) is -0.583. The number of nitrogens with two attached hydrogens (primary N) is 1. The topological polar surface area (TPSA) is 72.6 Å². The molecule has 2 fully saturated rings. The Hall–Kier alpha value is -2.02. The Balaban J connectivity index is 1.65. The Morgan fingerprint density at radius 3 is 2.25 bits per heavy atom. The molecule has 0 spiro atoms. The molecule has 146 valence electrons. The number of thioether (sulfide) groups is 1. The maximum absolute atomic E-state index is 13.3. The number of amides is 1. The van der Waals surface area contributed by atoms with Gasteiger partial charge in [0.1, 0.15) is 11.4 Å². The van der Waals surface area contributed by atoms with E-state index in [0.29, 0.717) is 5.75 Å². The molecule has 2 aliphatic rings. The van der Waals surface area contributed by atoms with Crippen LogP contribution in [-0.4, -0.2) is 44.9 Å². The summed E-state index contributed by atoms with van der Waals surface area (Å²) < 4.78 is 5.97. The lowest BCUT2D eigenvalue weighted by Crippen LogP contribution is -2.77. The zero-order chi connectivity index (χ0) is 19.9. The first-order valence-electron chi connectivity index (χ1n) is 9.09. The lowest BCUT2D eigenvalue weighted by Gasteiger charge is -2.55. The number of hydrogen-bond acceptors (Lipinski definition) is 5. The molecule has 2 N–H and O–H groups in total. The number of β-lactam (4-membered cyclic amide) rings is 1. The number of hydrogen-bond donors (Lipinski definition) is 1. The van der Waals surface area contributed by atoms with E-state index < -0.39 is 29.0 Å². The third-order valence-electron chi connectivity index (χ3n) is 5.17. The summed E-state index contributed by atoms with van der Waals surface area (Å²) in [5.41, 5.74) is 7.61. The van der Waals surface area contributed by atoms with Crippen LogP contribution in [0.15, 0.2) is 60.7 Å². The molecule has 0 aliphatic carbocycles. The third-order valence-corrected chi connectivity index (χ3v) is 7.29. The van der Waals surface area contributed by atoms with Crippen LogP contribution in [0, 0.1) is 0 Å². The highest BCUT2D eigenvalue weighted by molar-refractivity contribution is 8.00. The summed E-state index contributed by atoms with van der Waals surface area (Å²) in [6, 6.07) is 17.6. The lowest BCUT2D eigenvalue weighted by atomic mass is 9.94. The maximum atomic E-state index is 13.3. The number of fused-ring (bicyclic) bond motifs is 1. The molecule has 2 saturated heterocycles. The Labute approximate surface area is 173 Å². The number of benzene rings is 2. The van der Waals surface area contributed by atoms with Crippen molar-refractivity contribution in [1.29, 1.82) is 0 Å². The van der Waals surface area contributed by atoms with Gasteiger partial charge >= 0.3 is 5.97 Å². The fourth-order valence-electron chi connectivity index (χ4n) is 3.71. The van der Waals surface area contributed by atoms with E-state index in [2.05, 4.69) is 0 Å². The van der Waals surface area contributed by atoms with Gasteiger partial charge in [0.15, 0.2) is 12.1 Å². The minimum atomic E-state index is -0.925. The first-order chi connectivity index (χ1) is 13.4. The van der Waals surface area contributed by atoms with Crippen LogP contribution in [0.1, 0.15) is 24.2 Å². The molecule has 2 aromatic carbocycles. The summed E-state index contributed by atoms with van der Waals surface area (Å²) in [5, 5.41) is -0.233. The van der Waals surface area contributed by atoms with Crippen molar-refractivity contribution >= 4 is 35.2 Å². The monoisotopic (exact) mass is 416 g/mol. The minimum Gasteiger partial charge on any atom is -0.451 e. The fourth-order valence-corrected chi connectivity index (χ4v) is 5.46. The number of rotatable bonds is 4. The van der Waals surface area contributed by atoms with Gasteiger partial charge < -0.3 is 15.4 Å². The second kappa shape index (κ2) is 7.43. The number of nitrogens with zero attached hydrogens (tertiary/aromatic N) is 1. The Kier molecular flexibility index (Phi) is 5.12. The van der Waals surface area contributed by atoms with Gasteiger partial charge in [-0.3, -0.25) is 4.79 Å². The molecule has 4 atom stereocenters. The lowest BCUT2D eigenvalue weighted by molar-refractivity contribution is -0.168. The second-order valence-corrected chi connectivity index (χ2v) is 9.26. The zero-order valence-corrected chi connectivity index (χ0v) is 16.9. The molecule has 0 unspecified atom stereocenters. The van der Waals surface area contributed by atoms with Crippen LogP contribution >= 0.6 is 23.4 Å². The number of ether oxygens (including phenoxy) is 1. The van der Waals surface area contributed by atoms with Gasteiger partial charge in [-0.2, -0.15) is 0 Å². The van der Waals surface area contributed by atoms with Crippen LogP contribution < -0.4 is 5.73 Å². The smallest absolute Gasteiger partial charge is 0.331 e. The predicted octanol–water partition coefficient (Wildman–Crippen LogP) is 2.93. The highest BCUT2D eigenvalue weighted by atomic mass is 35.5. The molecule has 2 aliphatic heterocycles. The minimum absolute atomic E-state index is 0.233. The molecule has 28 heavy (non-hydrogen) atoms. The standard InChI is InChI=1S/C21H21ClN2O3S/c1-21(22)12-28-19-15(23)18(25)24(19)17(21)20(26)27-16(13-8-4-2-5-9-13)14-10-6-3-7-11-14/h2-11,15-17,19H,12,23H2,1H3/t15-,17+,19+,21-/m1/s1. The Bertz CT molecular complexity index is 838. The van der Waals surface area contributed by atoms with Gasteiger partial charge in [0.05, 0.1) is 4.87 Å². The van der Waals surface area contributed by atoms with Crippen LogP contribution in [-0.2, 0) is 14.3 Å². The van der Waals surface area contributed by atoms with Gasteiger partial charge in [0, 0.05) is 5.75 Å². The molecule has 4 rings (SSSR count). The predicted molar refractivity (Wildman–Crippen MR) is 110 cm³/mol. The number of carbonyl (C=O) groups excluding carboxylic acids is 2. The fraction of sp³-hybridized carbons (Fsp3) is 0.333. The third kappa shape index (κ3) is 3.30. The first-order valence-corrected chi connectivity index (χ1v) is 10.5.